The Morgan fingerprint density at radius 3 is 2.93 bits per heavy atom. The van der Waals surface area contributed by atoms with Gasteiger partial charge < -0.3 is 15.0 Å². The number of likely N-dealkylation sites (N-methyl/N-ethyl adjacent to an activating group) is 1. The molecule has 3 heterocycles. The summed E-state index contributed by atoms with van der Waals surface area (Å²) in [6.45, 7) is 0.416. The zero-order chi connectivity index (χ0) is 20.4. The van der Waals surface area contributed by atoms with E-state index in [0.29, 0.717) is 13.0 Å². The molecule has 29 heavy (non-hydrogen) atoms. The van der Waals surface area contributed by atoms with E-state index in [-0.39, 0.29) is 18.0 Å². The maximum atomic E-state index is 14.0. The molecule has 150 valence electrons. The first-order chi connectivity index (χ1) is 14.0. The maximum Gasteiger partial charge on any atom is 0.336 e. The maximum absolute atomic E-state index is 14.0. The predicted octanol–water partition coefficient (Wildman–Crippen LogP) is 1.60. The molecule has 1 aromatic heterocycles. The molecule has 1 atom stereocenters. The number of carbonyl (C=O) groups is 2. The number of hydrogen-bond donors (Lipinski definition) is 2. The number of hydrazine groups is 1. The van der Waals surface area contributed by atoms with Crippen LogP contribution in [-0.2, 0) is 11.2 Å². The lowest BCUT2D eigenvalue weighted by Crippen LogP contribution is -2.53. The standard InChI is InChI=1S/C20H20FN5O3/c1-25-17-16(7-8-22-18(17)21)29-12-15(19(25)27)24-20(28)26-11-14(10-23-26)9-13-5-3-2-4-6-13/h2-8,11,15,23H,9-10,12H2,1H3,(H,24,28)/t15-/m0/s1. The normalized spacial score (nSPS) is 18.6. The first-order valence-electron chi connectivity index (χ1n) is 9.14. The number of pyridine rings is 1. The number of aromatic nitrogens is 1. The number of anilines is 1. The zero-order valence-electron chi connectivity index (χ0n) is 15.8. The summed E-state index contributed by atoms with van der Waals surface area (Å²) in [6.07, 6.45) is 3.69. The van der Waals surface area contributed by atoms with E-state index in [0.717, 1.165) is 16.0 Å². The van der Waals surface area contributed by atoms with Crippen molar-refractivity contribution in [3.05, 3.63) is 65.9 Å². The molecule has 0 radical (unpaired) electrons. The Morgan fingerprint density at radius 1 is 1.34 bits per heavy atom. The largest absolute Gasteiger partial charge is 0.488 e. The summed E-state index contributed by atoms with van der Waals surface area (Å²) in [7, 11) is 1.42. The molecule has 2 aromatic rings. The first-order valence-corrected chi connectivity index (χ1v) is 9.14. The fraction of sp³-hybridized carbons (Fsp3) is 0.250. The number of benzene rings is 1. The van der Waals surface area contributed by atoms with Gasteiger partial charge >= 0.3 is 6.03 Å². The summed E-state index contributed by atoms with van der Waals surface area (Å²) in [5.74, 6) is -1.09. The van der Waals surface area contributed by atoms with Crippen LogP contribution < -0.4 is 20.4 Å². The number of amides is 3. The third-order valence-corrected chi connectivity index (χ3v) is 4.79. The van der Waals surface area contributed by atoms with E-state index < -0.39 is 23.9 Å². The Labute approximate surface area is 166 Å². The molecule has 9 heteroatoms. The molecule has 0 fully saturated rings. The third-order valence-electron chi connectivity index (χ3n) is 4.79. The summed E-state index contributed by atoms with van der Waals surface area (Å²) >= 11 is 0. The van der Waals surface area contributed by atoms with E-state index in [9.17, 15) is 14.0 Å². The molecule has 2 aliphatic rings. The Morgan fingerprint density at radius 2 is 2.14 bits per heavy atom. The zero-order valence-corrected chi connectivity index (χ0v) is 15.8. The second kappa shape index (κ2) is 7.88. The Kier molecular flexibility index (Phi) is 5.13. The van der Waals surface area contributed by atoms with E-state index in [1.807, 2.05) is 30.3 Å². The van der Waals surface area contributed by atoms with Crippen molar-refractivity contribution >= 4 is 17.6 Å². The predicted molar refractivity (Wildman–Crippen MR) is 103 cm³/mol. The van der Waals surface area contributed by atoms with Crippen molar-refractivity contribution < 1.29 is 18.7 Å². The molecule has 2 aliphatic heterocycles. The van der Waals surface area contributed by atoms with E-state index in [4.69, 9.17) is 4.74 Å². The van der Waals surface area contributed by atoms with Gasteiger partial charge in [0.2, 0.25) is 5.95 Å². The van der Waals surface area contributed by atoms with Gasteiger partial charge in [-0.05, 0) is 17.6 Å². The Bertz CT molecular complexity index is 966. The molecular formula is C20H20FN5O3. The second-order valence-corrected chi connectivity index (χ2v) is 6.81. The van der Waals surface area contributed by atoms with Crippen LogP contribution in [0, 0.1) is 5.95 Å². The number of fused-ring (bicyclic) bond motifs is 1. The number of nitrogens with one attached hydrogen (secondary N) is 2. The summed E-state index contributed by atoms with van der Waals surface area (Å²) in [5.41, 5.74) is 5.11. The fourth-order valence-electron chi connectivity index (χ4n) is 3.30. The minimum Gasteiger partial charge on any atom is -0.488 e. The minimum atomic E-state index is -0.965. The molecule has 0 unspecified atom stereocenters. The second-order valence-electron chi connectivity index (χ2n) is 6.81. The van der Waals surface area contributed by atoms with Crippen molar-refractivity contribution in [2.24, 2.45) is 0 Å². The van der Waals surface area contributed by atoms with Gasteiger partial charge in [-0.2, -0.15) is 4.39 Å². The molecule has 0 spiro atoms. The highest BCUT2D eigenvalue weighted by atomic mass is 19.1. The van der Waals surface area contributed by atoms with Gasteiger partial charge in [0.25, 0.3) is 5.91 Å². The van der Waals surface area contributed by atoms with Gasteiger partial charge in [0.15, 0.2) is 0 Å². The molecule has 4 rings (SSSR count). The highest BCUT2D eigenvalue weighted by Gasteiger charge is 2.34. The molecule has 2 N–H and O–H groups in total. The monoisotopic (exact) mass is 397 g/mol. The highest BCUT2D eigenvalue weighted by molar-refractivity contribution is 6.00. The molecule has 1 aromatic carbocycles. The Balaban J connectivity index is 1.42. The molecule has 0 saturated heterocycles. The minimum absolute atomic E-state index is 0.0430. The van der Waals surface area contributed by atoms with E-state index in [2.05, 4.69) is 15.7 Å². The van der Waals surface area contributed by atoms with E-state index in [1.165, 1.54) is 24.3 Å². The summed E-state index contributed by atoms with van der Waals surface area (Å²) in [5, 5.41) is 3.95. The van der Waals surface area contributed by atoms with Crippen LogP contribution in [0.3, 0.4) is 0 Å². The summed E-state index contributed by atoms with van der Waals surface area (Å²) in [6, 6.07) is 9.95. The number of ether oxygens (including phenoxy) is 1. The van der Waals surface area contributed by atoms with Crippen LogP contribution in [0.2, 0.25) is 0 Å². The van der Waals surface area contributed by atoms with Crippen LogP contribution in [-0.4, -0.2) is 48.2 Å². The van der Waals surface area contributed by atoms with Crippen LogP contribution in [0.4, 0.5) is 14.9 Å². The summed E-state index contributed by atoms with van der Waals surface area (Å²) < 4.78 is 19.6. The van der Waals surface area contributed by atoms with Crippen molar-refractivity contribution in [3.8, 4) is 5.75 Å². The van der Waals surface area contributed by atoms with Crippen LogP contribution >= 0.6 is 0 Å². The van der Waals surface area contributed by atoms with Gasteiger partial charge in [-0.3, -0.25) is 4.79 Å². The molecule has 0 bridgehead atoms. The molecular weight excluding hydrogens is 377 g/mol. The summed E-state index contributed by atoms with van der Waals surface area (Å²) in [4.78, 5) is 30.0. The first kappa shape index (κ1) is 18.9. The quantitative estimate of drug-likeness (QED) is 0.769. The Hall–Kier alpha value is -3.46. The highest BCUT2D eigenvalue weighted by Crippen LogP contribution is 2.31. The van der Waals surface area contributed by atoms with Crippen molar-refractivity contribution in [2.75, 3.05) is 25.1 Å². The number of urea groups is 1. The van der Waals surface area contributed by atoms with Gasteiger partial charge in [0.1, 0.15) is 24.1 Å². The smallest absolute Gasteiger partial charge is 0.336 e. The van der Waals surface area contributed by atoms with Crippen LogP contribution in [0.25, 0.3) is 0 Å². The van der Waals surface area contributed by atoms with E-state index >= 15 is 0 Å². The topological polar surface area (TPSA) is 86.8 Å². The van der Waals surface area contributed by atoms with Crippen molar-refractivity contribution in [1.29, 1.82) is 0 Å². The molecule has 3 amide bonds. The molecule has 0 saturated carbocycles. The molecule has 8 nitrogen and oxygen atoms in total. The number of rotatable bonds is 3. The lowest BCUT2D eigenvalue weighted by molar-refractivity contribution is -0.120. The van der Waals surface area contributed by atoms with Gasteiger partial charge in [-0.25, -0.2) is 20.2 Å². The van der Waals surface area contributed by atoms with Crippen LogP contribution in [0.15, 0.2) is 54.4 Å². The van der Waals surface area contributed by atoms with Crippen LogP contribution in [0.5, 0.6) is 5.75 Å². The van der Waals surface area contributed by atoms with Crippen molar-refractivity contribution in [1.82, 2.24) is 20.7 Å². The van der Waals surface area contributed by atoms with Gasteiger partial charge in [-0.15, -0.1) is 0 Å². The van der Waals surface area contributed by atoms with Gasteiger partial charge in [0, 0.05) is 32.1 Å². The van der Waals surface area contributed by atoms with Gasteiger partial charge in [0.05, 0.1) is 0 Å². The lowest BCUT2D eigenvalue weighted by atomic mass is 10.1. The number of carbonyl (C=O) groups excluding carboxylic acids is 2. The fourth-order valence-corrected chi connectivity index (χ4v) is 3.30. The van der Waals surface area contributed by atoms with E-state index in [1.54, 1.807) is 6.20 Å². The SMILES string of the molecule is CN1C(=O)[C@@H](NC(=O)N2C=C(Cc3ccccc3)CN2)COc2ccnc(F)c21. The number of hydrogen-bond acceptors (Lipinski definition) is 5. The number of nitrogens with zero attached hydrogens (tertiary/aromatic N) is 3. The van der Waals surface area contributed by atoms with Crippen molar-refractivity contribution in [3.63, 3.8) is 0 Å². The van der Waals surface area contributed by atoms with Gasteiger partial charge in [-0.1, -0.05) is 30.3 Å². The average molecular weight is 397 g/mol. The third kappa shape index (κ3) is 3.90. The lowest BCUT2D eigenvalue weighted by Gasteiger charge is -2.22. The van der Waals surface area contributed by atoms with Crippen LogP contribution in [0.1, 0.15) is 5.56 Å². The number of halogens is 1. The average Bonchev–Trinajstić information content (AvgIpc) is 3.15. The van der Waals surface area contributed by atoms with Crippen molar-refractivity contribution in [2.45, 2.75) is 12.5 Å². The molecule has 0 aliphatic carbocycles.